The maximum Gasteiger partial charge on any atom is 0.265 e. The van der Waals surface area contributed by atoms with Crippen LogP contribution in [0.4, 0.5) is 0 Å². The van der Waals surface area contributed by atoms with Crippen molar-refractivity contribution in [1.29, 1.82) is 0 Å². The zero-order valence-corrected chi connectivity index (χ0v) is 12.7. The largest absolute Gasteiger partial charge is 0.298 e. The zero-order valence-electron chi connectivity index (χ0n) is 11.8. The minimum absolute atomic E-state index is 0.234. The summed E-state index contributed by atoms with van der Waals surface area (Å²) in [4.78, 5) is 14.0. The number of hydrogen-bond acceptors (Lipinski definition) is 4. The molecule has 0 bridgehead atoms. The lowest BCUT2D eigenvalue weighted by Crippen LogP contribution is -2.35. The van der Waals surface area contributed by atoms with Crippen LogP contribution in [-0.2, 0) is 6.54 Å². The fourth-order valence-electron chi connectivity index (χ4n) is 2.10. The molecule has 0 heterocycles. The number of benzene rings is 1. The van der Waals surface area contributed by atoms with E-state index in [0.29, 0.717) is 11.6 Å². The van der Waals surface area contributed by atoms with Crippen molar-refractivity contribution in [1.82, 2.24) is 10.3 Å². The average molecular weight is 281 g/mol. The van der Waals surface area contributed by atoms with Crippen molar-refractivity contribution in [2.75, 3.05) is 19.1 Å². The van der Waals surface area contributed by atoms with E-state index in [-0.39, 0.29) is 5.91 Å². The molecule has 0 saturated heterocycles. The smallest absolute Gasteiger partial charge is 0.265 e. The number of hydrazine groups is 1. The van der Waals surface area contributed by atoms with Crippen molar-refractivity contribution in [3.63, 3.8) is 0 Å². The molecular weight excluding hydrogens is 258 g/mol. The minimum atomic E-state index is -0.234. The molecule has 19 heavy (non-hydrogen) atoms. The lowest BCUT2D eigenvalue weighted by atomic mass is 10.1. The Hall–Kier alpha value is -1.04. The molecular formula is C14H23N3OS. The summed E-state index contributed by atoms with van der Waals surface area (Å²) in [6, 6.07) is 8.11. The predicted octanol–water partition coefficient (Wildman–Crippen LogP) is 1.86. The Kier molecular flexibility index (Phi) is 6.91. The van der Waals surface area contributed by atoms with Gasteiger partial charge in [-0.15, -0.1) is 0 Å². The number of nitrogens with zero attached hydrogens (tertiary/aromatic N) is 1. The Balaban J connectivity index is 2.83. The molecule has 1 amide bonds. The van der Waals surface area contributed by atoms with E-state index >= 15 is 0 Å². The van der Waals surface area contributed by atoms with Crippen LogP contribution in [0.25, 0.3) is 0 Å². The Labute approximate surface area is 119 Å². The van der Waals surface area contributed by atoms with E-state index in [9.17, 15) is 4.79 Å². The number of hydrogen-bond donors (Lipinski definition) is 2. The van der Waals surface area contributed by atoms with Crippen molar-refractivity contribution in [2.24, 2.45) is 5.84 Å². The molecule has 0 radical (unpaired) electrons. The summed E-state index contributed by atoms with van der Waals surface area (Å²) in [5.41, 5.74) is 3.86. The topological polar surface area (TPSA) is 58.4 Å². The third-order valence-electron chi connectivity index (χ3n) is 3.27. The molecule has 0 aliphatic carbocycles. The fraction of sp³-hybridized carbons (Fsp3) is 0.500. The van der Waals surface area contributed by atoms with E-state index in [1.807, 2.05) is 30.0 Å². The molecule has 1 aromatic carbocycles. The molecule has 3 N–H and O–H groups in total. The second-order valence-electron chi connectivity index (χ2n) is 4.56. The molecule has 0 aliphatic rings. The summed E-state index contributed by atoms with van der Waals surface area (Å²) in [7, 11) is 2.10. The van der Waals surface area contributed by atoms with Crippen LogP contribution in [0.2, 0.25) is 0 Å². The SMILES string of the molecule is CCC(CSC)N(C)Cc1ccccc1C(=O)NN. The van der Waals surface area contributed by atoms with Gasteiger partial charge in [-0.1, -0.05) is 25.1 Å². The number of thioether (sulfide) groups is 1. The van der Waals surface area contributed by atoms with Gasteiger partial charge in [0.15, 0.2) is 0 Å². The molecule has 0 fully saturated rings. The van der Waals surface area contributed by atoms with E-state index in [2.05, 4.69) is 30.6 Å². The Bertz CT molecular complexity index is 411. The van der Waals surface area contributed by atoms with Crippen LogP contribution < -0.4 is 11.3 Å². The second-order valence-corrected chi connectivity index (χ2v) is 5.47. The number of nitrogens with one attached hydrogen (secondary N) is 1. The van der Waals surface area contributed by atoms with Gasteiger partial charge in [0, 0.05) is 23.9 Å². The van der Waals surface area contributed by atoms with Gasteiger partial charge in [0.25, 0.3) is 5.91 Å². The van der Waals surface area contributed by atoms with E-state index < -0.39 is 0 Å². The van der Waals surface area contributed by atoms with Crippen LogP contribution in [0.3, 0.4) is 0 Å². The van der Waals surface area contributed by atoms with Crippen molar-refractivity contribution in [2.45, 2.75) is 25.9 Å². The number of amides is 1. The zero-order chi connectivity index (χ0) is 14.3. The average Bonchev–Trinajstić information content (AvgIpc) is 2.44. The quantitative estimate of drug-likeness (QED) is 0.455. The second kappa shape index (κ2) is 8.19. The Morgan fingerprint density at radius 3 is 2.74 bits per heavy atom. The summed E-state index contributed by atoms with van der Waals surface area (Å²) in [5.74, 6) is 6.08. The lowest BCUT2D eigenvalue weighted by molar-refractivity contribution is 0.0951. The molecule has 0 spiro atoms. The molecule has 106 valence electrons. The van der Waals surface area contributed by atoms with Gasteiger partial charge in [-0.2, -0.15) is 11.8 Å². The maximum absolute atomic E-state index is 11.7. The molecule has 0 saturated carbocycles. The third kappa shape index (κ3) is 4.53. The Morgan fingerprint density at radius 2 is 2.16 bits per heavy atom. The molecule has 5 heteroatoms. The maximum atomic E-state index is 11.7. The van der Waals surface area contributed by atoms with Gasteiger partial charge in [0.05, 0.1) is 0 Å². The molecule has 1 aromatic rings. The van der Waals surface area contributed by atoms with Gasteiger partial charge in [-0.05, 0) is 31.4 Å². The van der Waals surface area contributed by atoms with Crippen LogP contribution in [0.1, 0.15) is 29.3 Å². The first-order valence-corrected chi connectivity index (χ1v) is 7.81. The first kappa shape index (κ1) is 16.0. The summed E-state index contributed by atoms with van der Waals surface area (Å²) in [6.07, 6.45) is 3.22. The fourth-order valence-corrected chi connectivity index (χ4v) is 2.98. The van der Waals surface area contributed by atoms with Gasteiger partial charge in [0.2, 0.25) is 0 Å². The number of rotatable bonds is 7. The van der Waals surface area contributed by atoms with Crippen molar-refractivity contribution >= 4 is 17.7 Å². The van der Waals surface area contributed by atoms with E-state index in [1.54, 1.807) is 6.07 Å². The number of nitrogens with two attached hydrogens (primary N) is 1. The van der Waals surface area contributed by atoms with Crippen LogP contribution in [0.5, 0.6) is 0 Å². The Morgan fingerprint density at radius 1 is 1.47 bits per heavy atom. The molecule has 4 nitrogen and oxygen atoms in total. The van der Waals surface area contributed by atoms with Gasteiger partial charge in [0.1, 0.15) is 0 Å². The van der Waals surface area contributed by atoms with Gasteiger partial charge in [-0.3, -0.25) is 15.1 Å². The monoisotopic (exact) mass is 281 g/mol. The normalized spacial score (nSPS) is 12.5. The van der Waals surface area contributed by atoms with Crippen molar-refractivity contribution in [3.8, 4) is 0 Å². The third-order valence-corrected chi connectivity index (χ3v) is 3.98. The molecule has 1 rings (SSSR count). The van der Waals surface area contributed by atoms with Crippen LogP contribution in [0.15, 0.2) is 24.3 Å². The standard InChI is InChI=1S/C14H23N3OS/c1-4-12(10-19-3)17(2)9-11-7-5-6-8-13(11)14(18)16-15/h5-8,12H,4,9-10,15H2,1-3H3,(H,16,18). The molecule has 1 unspecified atom stereocenters. The van der Waals surface area contributed by atoms with E-state index in [0.717, 1.165) is 24.3 Å². The highest BCUT2D eigenvalue weighted by molar-refractivity contribution is 7.98. The van der Waals surface area contributed by atoms with Crippen LogP contribution in [0, 0.1) is 0 Å². The minimum Gasteiger partial charge on any atom is -0.298 e. The highest BCUT2D eigenvalue weighted by Crippen LogP contribution is 2.15. The summed E-state index contributed by atoms with van der Waals surface area (Å²) >= 11 is 1.85. The summed E-state index contributed by atoms with van der Waals surface area (Å²) < 4.78 is 0. The van der Waals surface area contributed by atoms with Gasteiger partial charge < -0.3 is 0 Å². The van der Waals surface area contributed by atoms with Crippen LogP contribution in [-0.4, -0.2) is 35.9 Å². The van der Waals surface area contributed by atoms with E-state index in [4.69, 9.17) is 5.84 Å². The number of carbonyl (C=O) groups excluding carboxylic acids is 1. The molecule has 1 atom stereocenters. The highest BCUT2D eigenvalue weighted by atomic mass is 32.2. The number of carbonyl (C=O) groups is 1. The lowest BCUT2D eigenvalue weighted by Gasteiger charge is -2.27. The predicted molar refractivity (Wildman–Crippen MR) is 82.0 cm³/mol. The van der Waals surface area contributed by atoms with Crippen molar-refractivity contribution in [3.05, 3.63) is 35.4 Å². The van der Waals surface area contributed by atoms with E-state index in [1.165, 1.54) is 0 Å². The van der Waals surface area contributed by atoms with Gasteiger partial charge >= 0.3 is 0 Å². The van der Waals surface area contributed by atoms with Gasteiger partial charge in [-0.25, -0.2) is 5.84 Å². The number of nitrogen functional groups attached to an aromatic ring is 1. The molecule has 0 aliphatic heterocycles. The van der Waals surface area contributed by atoms with Crippen molar-refractivity contribution < 1.29 is 4.79 Å². The highest BCUT2D eigenvalue weighted by Gasteiger charge is 2.16. The first-order chi connectivity index (χ1) is 9.13. The molecule has 0 aromatic heterocycles. The summed E-state index contributed by atoms with van der Waals surface area (Å²) in [6.45, 7) is 2.94. The first-order valence-electron chi connectivity index (χ1n) is 6.42. The van der Waals surface area contributed by atoms with Crippen LogP contribution >= 0.6 is 11.8 Å². The summed E-state index contributed by atoms with van der Waals surface area (Å²) in [5, 5.41) is 0.